The minimum atomic E-state index is -0.640. The summed E-state index contributed by atoms with van der Waals surface area (Å²) in [5.41, 5.74) is 6.11. The summed E-state index contributed by atoms with van der Waals surface area (Å²) < 4.78 is 5.57. The molecule has 2 rings (SSSR count). The molecule has 0 saturated carbocycles. The third-order valence-corrected chi connectivity index (χ3v) is 3.18. The van der Waals surface area contributed by atoms with Gasteiger partial charge in [0.2, 0.25) is 0 Å². The summed E-state index contributed by atoms with van der Waals surface area (Å²) in [6.07, 6.45) is 0. The van der Waals surface area contributed by atoms with Crippen molar-refractivity contribution < 1.29 is 14.3 Å². The Morgan fingerprint density at radius 1 is 1.09 bits per heavy atom. The first-order chi connectivity index (χ1) is 11.1. The van der Waals surface area contributed by atoms with Gasteiger partial charge in [0, 0.05) is 18.3 Å². The van der Waals surface area contributed by atoms with E-state index >= 15 is 0 Å². The summed E-state index contributed by atoms with van der Waals surface area (Å²) in [4.78, 5) is 24.6. The predicted octanol–water partition coefficient (Wildman–Crippen LogP) is 2.33. The number of carbonyl (C=O) groups is 2. The number of nitrogens with one attached hydrogen (secondary N) is 1. The quantitative estimate of drug-likeness (QED) is 0.858. The van der Waals surface area contributed by atoms with Crippen molar-refractivity contribution >= 4 is 17.6 Å². The van der Waals surface area contributed by atoms with Crippen LogP contribution in [0.2, 0.25) is 0 Å². The van der Waals surface area contributed by atoms with Crippen LogP contribution in [0.4, 0.5) is 10.5 Å². The maximum absolute atomic E-state index is 12.3. The molecule has 3 N–H and O–H groups in total. The molecular formula is C17H19N3O3. The summed E-state index contributed by atoms with van der Waals surface area (Å²) in [6.45, 7) is 0.878. The average Bonchev–Trinajstić information content (AvgIpc) is 2.55. The highest BCUT2D eigenvalue weighted by atomic mass is 16.5. The van der Waals surface area contributed by atoms with Crippen molar-refractivity contribution in [3.05, 3.63) is 60.2 Å². The van der Waals surface area contributed by atoms with E-state index in [-0.39, 0.29) is 5.91 Å². The van der Waals surface area contributed by atoms with Gasteiger partial charge in [-0.05, 0) is 36.4 Å². The van der Waals surface area contributed by atoms with E-state index in [0.717, 1.165) is 5.75 Å². The van der Waals surface area contributed by atoms with Gasteiger partial charge < -0.3 is 20.7 Å². The lowest BCUT2D eigenvalue weighted by atomic mass is 10.2. The largest absolute Gasteiger partial charge is 0.492 e. The smallest absolute Gasteiger partial charge is 0.316 e. The Morgan fingerprint density at radius 2 is 1.74 bits per heavy atom. The van der Waals surface area contributed by atoms with E-state index in [9.17, 15) is 9.59 Å². The minimum absolute atomic E-state index is 0.118. The fraction of sp³-hybridized carbons (Fsp3) is 0.176. The number of anilines is 1. The number of ether oxygens (including phenoxy) is 1. The van der Waals surface area contributed by atoms with Crippen molar-refractivity contribution in [3.8, 4) is 5.75 Å². The van der Waals surface area contributed by atoms with Gasteiger partial charge in [-0.2, -0.15) is 0 Å². The second-order valence-corrected chi connectivity index (χ2v) is 4.95. The van der Waals surface area contributed by atoms with Crippen LogP contribution < -0.4 is 15.8 Å². The van der Waals surface area contributed by atoms with Crippen LogP contribution in [0, 0.1) is 0 Å². The lowest BCUT2D eigenvalue weighted by Gasteiger charge is -2.17. The van der Waals surface area contributed by atoms with Gasteiger partial charge in [-0.3, -0.25) is 4.79 Å². The van der Waals surface area contributed by atoms with E-state index in [2.05, 4.69) is 5.32 Å². The van der Waals surface area contributed by atoms with Crippen molar-refractivity contribution in [2.75, 3.05) is 25.5 Å². The molecule has 0 spiro atoms. The highest BCUT2D eigenvalue weighted by molar-refractivity contribution is 5.95. The molecule has 2 aromatic carbocycles. The molecule has 2 aromatic rings. The molecule has 120 valence electrons. The van der Waals surface area contributed by atoms with Crippen LogP contribution >= 0.6 is 0 Å². The zero-order chi connectivity index (χ0) is 16.7. The molecule has 0 unspecified atom stereocenters. The van der Waals surface area contributed by atoms with Gasteiger partial charge in [0.05, 0.1) is 6.54 Å². The van der Waals surface area contributed by atoms with Crippen LogP contribution in [-0.2, 0) is 0 Å². The van der Waals surface area contributed by atoms with Gasteiger partial charge >= 0.3 is 6.03 Å². The van der Waals surface area contributed by atoms with Gasteiger partial charge in [-0.15, -0.1) is 0 Å². The summed E-state index contributed by atoms with van der Waals surface area (Å²) in [7, 11) is 1.71. The molecule has 0 radical (unpaired) electrons. The molecule has 0 fully saturated rings. The van der Waals surface area contributed by atoms with E-state index in [1.807, 2.05) is 30.3 Å². The number of nitrogens with two attached hydrogens (primary N) is 1. The first-order valence-electron chi connectivity index (χ1n) is 7.16. The molecule has 0 aliphatic carbocycles. The lowest BCUT2D eigenvalue weighted by molar-refractivity contribution is 0.0774. The van der Waals surface area contributed by atoms with E-state index in [4.69, 9.17) is 10.5 Å². The van der Waals surface area contributed by atoms with E-state index in [1.54, 1.807) is 36.2 Å². The molecule has 0 aliphatic heterocycles. The molecule has 0 aliphatic rings. The number of hydrogen-bond donors (Lipinski definition) is 2. The van der Waals surface area contributed by atoms with Gasteiger partial charge in [0.1, 0.15) is 12.4 Å². The van der Waals surface area contributed by atoms with Crippen LogP contribution in [0.3, 0.4) is 0 Å². The van der Waals surface area contributed by atoms with Crippen molar-refractivity contribution in [2.24, 2.45) is 5.73 Å². The molecule has 0 saturated heterocycles. The molecule has 0 aromatic heterocycles. The molecular weight excluding hydrogens is 294 g/mol. The first kappa shape index (κ1) is 16.4. The third-order valence-electron chi connectivity index (χ3n) is 3.18. The van der Waals surface area contributed by atoms with E-state index in [0.29, 0.717) is 24.4 Å². The summed E-state index contributed by atoms with van der Waals surface area (Å²) in [6, 6.07) is 15.3. The number of hydrogen-bond acceptors (Lipinski definition) is 3. The second-order valence-electron chi connectivity index (χ2n) is 4.95. The van der Waals surface area contributed by atoms with Crippen LogP contribution in [0.5, 0.6) is 5.75 Å². The Labute approximate surface area is 134 Å². The SMILES string of the molecule is CN(CCOc1ccccc1)C(=O)c1ccc(NC(N)=O)cc1. The number of urea groups is 1. The molecule has 0 bridgehead atoms. The van der Waals surface area contributed by atoms with Gasteiger partial charge in [-0.1, -0.05) is 18.2 Å². The van der Waals surface area contributed by atoms with Crippen LogP contribution in [0.15, 0.2) is 54.6 Å². The van der Waals surface area contributed by atoms with E-state index < -0.39 is 6.03 Å². The Hall–Kier alpha value is -3.02. The molecule has 23 heavy (non-hydrogen) atoms. The predicted molar refractivity (Wildman–Crippen MR) is 88.5 cm³/mol. The van der Waals surface area contributed by atoms with Crippen molar-refractivity contribution in [1.29, 1.82) is 0 Å². The number of para-hydroxylation sites is 1. The van der Waals surface area contributed by atoms with Crippen molar-refractivity contribution in [3.63, 3.8) is 0 Å². The van der Waals surface area contributed by atoms with Crippen molar-refractivity contribution in [1.82, 2.24) is 4.90 Å². The Bertz CT molecular complexity index is 657. The summed E-state index contributed by atoms with van der Waals surface area (Å²) in [5.74, 6) is 0.655. The van der Waals surface area contributed by atoms with Crippen LogP contribution in [-0.4, -0.2) is 37.0 Å². The standard InChI is InChI=1S/C17H19N3O3/c1-20(11-12-23-15-5-3-2-4-6-15)16(21)13-7-9-14(10-8-13)19-17(18)22/h2-10H,11-12H2,1H3,(H3,18,19,22). The Morgan fingerprint density at radius 3 is 2.35 bits per heavy atom. The topological polar surface area (TPSA) is 84.7 Å². The average molecular weight is 313 g/mol. The third kappa shape index (κ3) is 5.03. The highest BCUT2D eigenvalue weighted by Crippen LogP contribution is 2.11. The van der Waals surface area contributed by atoms with Crippen molar-refractivity contribution in [2.45, 2.75) is 0 Å². The van der Waals surface area contributed by atoms with Gasteiger partial charge in [-0.25, -0.2) is 4.79 Å². The number of amides is 3. The molecule has 6 heteroatoms. The fourth-order valence-corrected chi connectivity index (χ4v) is 1.98. The van der Waals surface area contributed by atoms with Crippen LogP contribution in [0.25, 0.3) is 0 Å². The highest BCUT2D eigenvalue weighted by Gasteiger charge is 2.11. The first-order valence-corrected chi connectivity index (χ1v) is 7.16. The number of nitrogens with zero attached hydrogens (tertiary/aromatic N) is 1. The zero-order valence-electron chi connectivity index (χ0n) is 12.9. The van der Waals surface area contributed by atoms with Gasteiger partial charge in [0.15, 0.2) is 0 Å². The maximum atomic E-state index is 12.3. The summed E-state index contributed by atoms with van der Waals surface area (Å²) in [5, 5.41) is 2.45. The fourth-order valence-electron chi connectivity index (χ4n) is 1.98. The zero-order valence-corrected chi connectivity index (χ0v) is 12.9. The number of benzene rings is 2. The number of likely N-dealkylation sites (N-methyl/N-ethyl adjacent to an activating group) is 1. The number of primary amides is 1. The number of carbonyl (C=O) groups excluding carboxylic acids is 2. The second kappa shape index (κ2) is 7.84. The molecule has 0 atom stereocenters. The van der Waals surface area contributed by atoms with Gasteiger partial charge in [0.25, 0.3) is 5.91 Å². The summed E-state index contributed by atoms with van der Waals surface area (Å²) >= 11 is 0. The minimum Gasteiger partial charge on any atom is -0.492 e. The number of rotatable bonds is 6. The molecule has 0 heterocycles. The normalized spacial score (nSPS) is 9.96. The Kier molecular flexibility index (Phi) is 5.57. The lowest BCUT2D eigenvalue weighted by Crippen LogP contribution is -2.30. The maximum Gasteiger partial charge on any atom is 0.316 e. The monoisotopic (exact) mass is 313 g/mol. The molecule has 3 amide bonds. The Balaban J connectivity index is 1.85. The van der Waals surface area contributed by atoms with Crippen LogP contribution in [0.1, 0.15) is 10.4 Å². The van der Waals surface area contributed by atoms with E-state index in [1.165, 1.54) is 0 Å². The molecule has 6 nitrogen and oxygen atoms in total.